The van der Waals surface area contributed by atoms with Crippen molar-refractivity contribution < 1.29 is 26.4 Å². The topological polar surface area (TPSA) is 113 Å². The van der Waals surface area contributed by atoms with Crippen LogP contribution in [0.1, 0.15) is 22.6 Å². The molecule has 10 nitrogen and oxygen atoms in total. The van der Waals surface area contributed by atoms with Gasteiger partial charge in [-0.15, -0.1) is 0 Å². The number of amides is 1. The summed E-state index contributed by atoms with van der Waals surface area (Å²) in [5.41, 5.74) is 4.42. The molecular weight excluding hydrogens is 650 g/mol. The van der Waals surface area contributed by atoms with Crippen molar-refractivity contribution in [3.8, 4) is 22.6 Å². The molecule has 248 valence electrons. The van der Waals surface area contributed by atoms with Crippen LogP contribution in [0.4, 0.5) is 14.5 Å². The van der Waals surface area contributed by atoms with E-state index in [1.54, 1.807) is 30.3 Å². The van der Waals surface area contributed by atoms with E-state index in [4.69, 9.17) is 14.4 Å². The van der Waals surface area contributed by atoms with Crippen LogP contribution < -0.4 is 9.62 Å². The van der Waals surface area contributed by atoms with Crippen LogP contribution in [0.5, 0.6) is 0 Å². The maximum atomic E-state index is 15.1. The van der Waals surface area contributed by atoms with Crippen molar-refractivity contribution in [2.75, 3.05) is 37.7 Å². The van der Waals surface area contributed by atoms with Crippen molar-refractivity contribution in [2.24, 2.45) is 0 Å². The van der Waals surface area contributed by atoms with E-state index < -0.39 is 21.7 Å². The minimum Gasteiger partial charge on any atom is -0.455 e. The van der Waals surface area contributed by atoms with Gasteiger partial charge in [-0.25, -0.2) is 27.2 Å². The van der Waals surface area contributed by atoms with Crippen LogP contribution in [-0.4, -0.2) is 67.0 Å². The minimum absolute atomic E-state index is 0.202. The Morgan fingerprint density at radius 2 is 1.76 bits per heavy atom. The summed E-state index contributed by atoms with van der Waals surface area (Å²) in [7, 11) is -0.852. The fourth-order valence-corrected chi connectivity index (χ4v) is 7.00. The van der Waals surface area contributed by atoms with Gasteiger partial charge in [0.15, 0.2) is 0 Å². The van der Waals surface area contributed by atoms with E-state index >= 15 is 4.39 Å². The number of sulfonamides is 1. The maximum Gasteiger partial charge on any atom is 0.255 e. The molecule has 13 heteroatoms. The van der Waals surface area contributed by atoms with Gasteiger partial charge in [0.1, 0.15) is 34.3 Å². The molecule has 1 N–H and O–H groups in total. The summed E-state index contributed by atoms with van der Waals surface area (Å²) in [4.78, 5) is 25.6. The molecule has 0 saturated carbocycles. The van der Waals surface area contributed by atoms with Crippen molar-refractivity contribution in [3.63, 3.8) is 0 Å². The van der Waals surface area contributed by atoms with Crippen LogP contribution in [0.25, 0.3) is 61.0 Å². The number of likely N-dealkylation sites (tertiary alicyclic amines) is 1. The van der Waals surface area contributed by atoms with Crippen LogP contribution in [0.3, 0.4) is 0 Å². The highest BCUT2D eigenvalue weighted by Crippen LogP contribution is 2.41. The number of pyridine rings is 1. The predicted molar refractivity (Wildman–Crippen MR) is 185 cm³/mol. The normalized spacial score (nSPS) is 13.8. The zero-order valence-corrected chi connectivity index (χ0v) is 27.6. The highest BCUT2D eigenvalue weighted by molar-refractivity contribution is 7.92. The second-order valence-electron chi connectivity index (χ2n) is 12.2. The number of benzene rings is 3. The number of nitrogens with zero attached hydrogens (tertiary/aromatic N) is 5. The van der Waals surface area contributed by atoms with Crippen molar-refractivity contribution in [3.05, 3.63) is 95.8 Å². The van der Waals surface area contributed by atoms with Crippen molar-refractivity contribution in [2.45, 2.75) is 13.0 Å². The van der Waals surface area contributed by atoms with E-state index in [1.165, 1.54) is 44.4 Å². The molecule has 3 aromatic carbocycles. The zero-order valence-electron chi connectivity index (χ0n) is 26.8. The third-order valence-corrected chi connectivity index (χ3v) is 10.4. The number of anilines is 1. The Balaban J connectivity index is 1.41. The van der Waals surface area contributed by atoms with Gasteiger partial charge in [0.25, 0.3) is 5.91 Å². The number of carbonyl (C=O) groups is 1. The third-order valence-electron chi connectivity index (χ3n) is 9.21. The summed E-state index contributed by atoms with van der Waals surface area (Å²) in [6.45, 7) is 2.51. The van der Waals surface area contributed by atoms with Crippen LogP contribution in [-0.2, 0) is 16.6 Å². The number of rotatable bonds is 7. The van der Waals surface area contributed by atoms with E-state index in [0.29, 0.717) is 56.2 Å². The molecule has 0 bridgehead atoms. The second-order valence-corrected chi connectivity index (χ2v) is 14.3. The number of nitrogens with one attached hydrogen (secondary N) is 1. The molecule has 0 aliphatic carbocycles. The van der Waals surface area contributed by atoms with E-state index in [-0.39, 0.29) is 28.4 Å². The maximum absolute atomic E-state index is 15.1. The fraction of sp³-hybridized carbons (Fsp3) is 0.194. The molecule has 8 rings (SSSR count). The Labute approximate surface area is 279 Å². The van der Waals surface area contributed by atoms with E-state index in [1.807, 2.05) is 16.5 Å². The summed E-state index contributed by atoms with van der Waals surface area (Å²) in [6, 6.07) is 19.1. The Kier molecular flexibility index (Phi) is 7.16. The average molecular weight is 681 g/mol. The molecule has 5 heterocycles. The second kappa shape index (κ2) is 11.3. The van der Waals surface area contributed by atoms with Gasteiger partial charge in [-0.05, 0) is 80.2 Å². The molecule has 49 heavy (non-hydrogen) atoms. The third kappa shape index (κ3) is 5.08. The molecule has 1 amide bonds. The van der Waals surface area contributed by atoms with Gasteiger partial charge in [0.2, 0.25) is 10.0 Å². The quantitative estimate of drug-likeness (QED) is 0.209. The molecule has 7 aromatic rings. The molecule has 1 fully saturated rings. The Morgan fingerprint density at radius 1 is 0.980 bits per heavy atom. The average Bonchev–Trinajstić information content (AvgIpc) is 3.65. The van der Waals surface area contributed by atoms with Crippen molar-refractivity contribution in [1.82, 2.24) is 24.6 Å². The van der Waals surface area contributed by atoms with Gasteiger partial charge in [0, 0.05) is 42.1 Å². The largest absolute Gasteiger partial charge is 0.455 e. The molecule has 0 spiro atoms. The lowest BCUT2D eigenvalue weighted by Crippen LogP contribution is -2.37. The highest BCUT2D eigenvalue weighted by atomic mass is 32.2. The molecule has 0 radical (unpaired) electrons. The Morgan fingerprint density at radius 3 is 2.45 bits per heavy atom. The monoisotopic (exact) mass is 680 g/mol. The van der Waals surface area contributed by atoms with E-state index in [9.17, 15) is 17.6 Å². The first kappa shape index (κ1) is 30.9. The zero-order chi connectivity index (χ0) is 34.2. The van der Waals surface area contributed by atoms with Gasteiger partial charge in [0.05, 0.1) is 46.3 Å². The minimum atomic E-state index is -3.77. The summed E-state index contributed by atoms with van der Waals surface area (Å²) >= 11 is 0. The van der Waals surface area contributed by atoms with Crippen LogP contribution in [0.15, 0.2) is 77.2 Å². The number of furan rings is 1. The van der Waals surface area contributed by atoms with Crippen LogP contribution in [0.2, 0.25) is 0 Å². The van der Waals surface area contributed by atoms with Gasteiger partial charge in [-0.2, -0.15) is 0 Å². The van der Waals surface area contributed by atoms with Crippen LogP contribution in [0, 0.1) is 11.6 Å². The van der Waals surface area contributed by atoms with Crippen LogP contribution >= 0.6 is 0 Å². The summed E-state index contributed by atoms with van der Waals surface area (Å²) in [5.74, 6) is -0.284. The smallest absolute Gasteiger partial charge is 0.255 e. The first-order valence-corrected chi connectivity index (χ1v) is 17.5. The molecule has 0 unspecified atom stereocenters. The number of hydrogen-bond donors (Lipinski definition) is 1. The van der Waals surface area contributed by atoms with Gasteiger partial charge < -0.3 is 9.73 Å². The number of fused-ring (bicyclic) bond motifs is 6. The summed E-state index contributed by atoms with van der Waals surface area (Å²) in [5, 5.41) is 3.50. The Bertz CT molecular complexity index is 2600. The molecule has 0 atom stereocenters. The van der Waals surface area contributed by atoms with Crippen molar-refractivity contribution in [1.29, 1.82) is 0 Å². The summed E-state index contributed by atoms with van der Waals surface area (Å²) in [6.07, 6.45) is 2.20. The lowest BCUT2D eigenvalue weighted by Gasteiger charge is -2.30. The molecule has 1 saturated heterocycles. The van der Waals surface area contributed by atoms with E-state index in [0.717, 1.165) is 35.9 Å². The molecule has 4 aromatic heterocycles. The number of aromatic nitrogens is 3. The van der Waals surface area contributed by atoms with Gasteiger partial charge in [-0.1, -0.05) is 6.07 Å². The number of halogens is 2. The first-order chi connectivity index (χ1) is 23.5. The fourth-order valence-electron chi connectivity index (χ4n) is 6.49. The summed E-state index contributed by atoms with van der Waals surface area (Å²) < 4.78 is 64.1. The first-order valence-electron chi connectivity index (χ1n) is 15.7. The Hall–Kier alpha value is -5.40. The lowest BCUT2D eigenvalue weighted by atomic mass is 10.0. The van der Waals surface area contributed by atoms with Gasteiger partial charge >= 0.3 is 0 Å². The SMILES string of the molecule is CNC(=O)c1c(-c2ccc(F)cc2)oc2cc(N(C)S(C)(=O)=O)c(-c3ccc4nc(CN5CCC5)n5c6cccc(F)c6cc5c4n3)cc12. The highest BCUT2D eigenvalue weighted by Gasteiger charge is 2.27. The molecule has 1 aliphatic rings. The van der Waals surface area contributed by atoms with Gasteiger partial charge in [-0.3, -0.25) is 18.4 Å². The lowest BCUT2D eigenvalue weighted by molar-refractivity contribution is 0.0964. The number of hydrogen-bond acceptors (Lipinski definition) is 7. The predicted octanol–water partition coefficient (Wildman–Crippen LogP) is 6.36. The van der Waals surface area contributed by atoms with Crippen molar-refractivity contribution >= 4 is 60.0 Å². The number of carbonyl (C=O) groups excluding carboxylic acids is 1. The molecule has 1 aliphatic heterocycles. The standard InChI is InChI=1S/C36H30F2N6O4S/c1-39-36(45)33-24-16-23(29(42(2)49(3,46)47)18-31(24)48-35(33)20-8-10-21(37)11-9-20)26-12-13-27-34(41-26)30-17-22-25(38)6-4-7-28(22)44(30)32(40-27)19-43-14-5-15-43/h4,6-13,16-18H,5,14-15,19H2,1-3H3,(H,39,45). The molecular formula is C36H30F2N6O4S. The van der Waals surface area contributed by atoms with E-state index in [2.05, 4.69) is 10.2 Å².